The maximum atomic E-state index is 11.3. The standard InChI is InChI=1S/C13H19NO4S/c1-10(13(15)16)4-3-9-14-11-5-7-12(8-6-11)19(2,17)18/h5-8,10,14H,3-4,9H2,1-2H3,(H,15,16). The van der Waals surface area contributed by atoms with Gasteiger partial charge < -0.3 is 10.4 Å². The lowest BCUT2D eigenvalue weighted by Crippen LogP contribution is -2.11. The Labute approximate surface area is 113 Å². The molecule has 5 nitrogen and oxygen atoms in total. The van der Waals surface area contributed by atoms with Crippen molar-refractivity contribution < 1.29 is 18.3 Å². The summed E-state index contributed by atoms with van der Waals surface area (Å²) >= 11 is 0. The van der Waals surface area contributed by atoms with Crippen LogP contribution in [0.5, 0.6) is 0 Å². The molecule has 106 valence electrons. The van der Waals surface area contributed by atoms with E-state index in [1.165, 1.54) is 6.26 Å². The first-order valence-electron chi connectivity index (χ1n) is 6.07. The molecule has 1 atom stereocenters. The van der Waals surface area contributed by atoms with Gasteiger partial charge in [-0.15, -0.1) is 0 Å². The summed E-state index contributed by atoms with van der Waals surface area (Å²) in [6, 6.07) is 6.52. The lowest BCUT2D eigenvalue weighted by Gasteiger charge is -2.08. The second-order valence-electron chi connectivity index (χ2n) is 4.60. The van der Waals surface area contributed by atoms with Crippen molar-refractivity contribution in [1.82, 2.24) is 0 Å². The minimum atomic E-state index is -3.16. The SMILES string of the molecule is CC(CCCNc1ccc(S(C)(=O)=O)cc1)C(=O)O. The van der Waals surface area contributed by atoms with E-state index < -0.39 is 15.8 Å². The fraction of sp³-hybridized carbons (Fsp3) is 0.462. The Hall–Kier alpha value is -1.56. The molecule has 0 saturated heterocycles. The highest BCUT2D eigenvalue weighted by Crippen LogP contribution is 2.14. The van der Waals surface area contributed by atoms with Crippen molar-refractivity contribution >= 4 is 21.5 Å². The van der Waals surface area contributed by atoms with Gasteiger partial charge in [0, 0.05) is 18.5 Å². The zero-order valence-corrected chi connectivity index (χ0v) is 11.9. The number of carboxylic acids is 1. The lowest BCUT2D eigenvalue weighted by molar-refractivity contribution is -0.141. The molecule has 1 rings (SSSR count). The quantitative estimate of drug-likeness (QED) is 0.749. The zero-order valence-electron chi connectivity index (χ0n) is 11.1. The first-order valence-corrected chi connectivity index (χ1v) is 7.96. The summed E-state index contributed by atoms with van der Waals surface area (Å²) in [6.45, 7) is 2.35. The van der Waals surface area contributed by atoms with Crippen LogP contribution in [0.25, 0.3) is 0 Å². The predicted octanol–water partition coefficient (Wildman–Crippen LogP) is 2.00. The predicted molar refractivity (Wildman–Crippen MR) is 74.1 cm³/mol. The van der Waals surface area contributed by atoms with E-state index in [1.54, 1.807) is 31.2 Å². The van der Waals surface area contributed by atoms with Gasteiger partial charge in [0.2, 0.25) is 0 Å². The Bertz CT molecular complexity index is 522. The van der Waals surface area contributed by atoms with Crippen LogP contribution in [0.1, 0.15) is 19.8 Å². The van der Waals surface area contributed by atoms with Crippen LogP contribution in [0.2, 0.25) is 0 Å². The topological polar surface area (TPSA) is 83.5 Å². The highest BCUT2D eigenvalue weighted by atomic mass is 32.2. The van der Waals surface area contributed by atoms with Crippen LogP contribution in [0.3, 0.4) is 0 Å². The smallest absolute Gasteiger partial charge is 0.306 e. The van der Waals surface area contributed by atoms with E-state index in [4.69, 9.17) is 5.11 Å². The Morgan fingerprint density at radius 1 is 1.32 bits per heavy atom. The second-order valence-corrected chi connectivity index (χ2v) is 6.62. The number of carboxylic acid groups (broad SMARTS) is 1. The summed E-state index contributed by atoms with van der Waals surface area (Å²) in [5.41, 5.74) is 0.829. The van der Waals surface area contributed by atoms with Gasteiger partial charge in [0.25, 0.3) is 0 Å². The van der Waals surface area contributed by atoms with Gasteiger partial charge in [-0.2, -0.15) is 0 Å². The van der Waals surface area contributed by atoms with Gasteiger partial charge in [0.1, 0.15) is 0 Å². The number of aliphatic carboxylic acids is 1. The molecule has 0 aliphatic heterocycles. The van der Waals surface area contributed by atoms with Crippen molar-refractivity contribution in [2.24, 2.45) is 5.92 Å². The maximum absolute atomic E-state index is 11.3. The van der Waals surface area contributed by atoms with Crippen LogP contribution >= 0.6 is 0 Å². The van der Waals surface area contributed by atoms with Gasteiger partial charge in [-0.3, -0.25) is 4.79 Å². The molecule has 0 heterocycles. The van der Waals surface area contributed by atoms with Crippen LogP contribution in [0.15, 0.2) is 29.2 Å². The minimum absolute atomic E-state index is 0.289. The number of anilines is 1. The van der Waals surface area contributed by atoms with Crippen molar-refractivity contribution in [1.29, 1.82) is 0 Å². The minimum Gasteiger partial charge on any atom is -0.481 e. The van der Waals surface area contributed by atoms with Crippen molar-refractivity contribution in [3.8, 4) is 0 Å². The molecule has 0 aliphatic carbocycles. The second kappa shape index (κ2) is 6.56. The van der Waals surface area contributed by atoms with E-state index in [1.807, 2.05) is 0 Å². The molecule has 2 N–H and O–H groups in total. The van der Waals surface area contributed by atoms with Crippen molar-refractivity contribution in [2.45, 2.75) is 24.7 Å². The lowest BCUT2D eigenvalue weighted by atomic mass is 10.1. The molecule has 6 heteroatoms. The van der Waals surface area contributed by atoms with Crippen LogP contribution in [0, 0.1) is 5.92 Å². The summed E-state index contributed by atoms with van der Waals surface area (Å²) in [4.78, 5) is 10.9. The summed E-state index contributed by atoms with van der Waals surface area (Å²) in [7, 11) is -3.16. The fourth-order valence-corrected chi connectivity index (χ4v) is 2.21. The first kappa shape index (κ1) is 15.5. The van der Waals surface area contributed by atoms with E-state index in [0.29, 0.717) is 13.0 Å². The number of sulfone groups is 1. The van der Waals surface area contributed by atoms with Gasteiger partial charge >= 0.3 is 5.97 Å². The molecule has 19 heavy (non-hydrogen) atoms. The third kappa shape index (κ3) is 5.30. The molecule has 0 spiro atoms. The third-order valence-corrected chi connectivity index (χ3v) is 3.98. The van der Waals surface area contributed by atoms with Crippen LogP contribution < -0.4 is 5.32 Å². The van der Waals surface area contributed by atoms with E-state index in [2.05, 4.69) is 5.32 Å². The number of hydrogen-bond donors (Lipinski definition) is 2. The number of benzene rings is 1. The molecule has 0 saturated carbocycles. The summed E-state index contributed by atoms with van der Waals surface area (Å²) < 4.78 is 22.5. The Balaban J connectivity index is 2.41. The number of rotatable bonds is 7. The average molecular weight is 285 g/mol. The highest BCUT2D eigenvalue weighted by Gasteiger charge is 2.09. The van der Waals surface area contributed by atoms with E-state index in [-0.39, 0.29) is 10.8 Å². The Morgan fingerprint density at radius 3 is 2.37 bits per heavy atom. The number of nitrogens with one attached hydrogen (secondary N) is 1. The Kier molecular flexibility index (Phi) is 5.35. The summed E-state index contributed by atoms with van der Waals surface area (Å²) in [5, 5.41) is 11.9. The van der Waals surface area contributed by atoms with Crippen molar-refractivity contribution in [3.63, 3.8) is 0 Å². The van der Waals surface area contributed by atoms with Gasteiger partial charge in [-0.25, -0.2) is 8.42 Å². The van der Waals surface area contributed by atoms with Gasteiger partial charge in [0.15, 0.2) is 9.84 Å². The highest BCUT2D eigenvalue weighted by molar-refractivity contribution is 7.90. The van der Waals surface area contributed by atoms with E-state index >= 15 is 0 Å². The third-order valence-electron chi connectivity index (χ3n) is 2.85. The monoisotopic (exact) mass is 285 g/mol. The molecule has 0 amide bonds. The molecule has 0 aromatic heterocycles. The van der Waals surface area contributed by atoms with Crippen LogP contribution in [-0.2, 0) is 14.6 Å². The largest absolute Gasteiger partial charge is 0.481 e. The first-order chi connectivity index (χ1) is 8.80. The van der Waals surface area contributed by atoms with Crippen LogP contribution in [0.4, 0.5) is 5.69 Å². The molecular weight excluding hydrogens is 266 g/mol. The fourth-order valence-electron chi connectivity index (χ4n) is 1.58. The molecular formula is C13H19NO4S. The van der Waals surface area contributed by atoms with Gasteiger partial charge in [0.05, 0.1) is 10.8 Å². The van der Waals surface area contributed by atoms with E-state index in [9.17, 15) is 13.2 Å². The van der Waals surface area contributed by atoms with Crippen LogP contribution in [-0.4, -0.2) is 32.3 Å². The molecule has 1 unspecified atom stereocenters. The molecule has 0 aliphatic rings. The molecule has 0 fully saturated rings. The average Bonchev–Trinajstić information content (AvgIpc) is 2.33. The molecule has 0 radical (unpaired) electrons. The molecule has 0 bridgehead atoms. The number of carbonyl (C=O) groups is 1. The van der Waals surface area contributed by atoms with Gasteiger partial charge in [-0.05, 0) is 37.1 Å². The van der Waals surface area contributed by atoms with Crippen molar-refractivity contribution in [2.75, 3.05) is 18.1 Å². The molecule has 1 aromatic rings. The molecule has 1 aromatic carbocycles. The van der Waals surface area contributed by atoms with E-state index in [0.717, 1.165) is 12.1 Å². The van der Waals surface area contributed by atoms with Gasteiger partial charge in [-0.1, -0.05) is 6.92 Å². The van der Waals surface area contributed by atoms with Crippen molar-refractivity contribution in [3.05, 3.63) is 24.3 Å². The number of hydrogen-bond acceptors (Lipinski definition) is 4. The maximum Gasteiger partial charge on any atom is 0.306 e. The summed E-state index contributed by atoms with van der Waals surface area (Å²) in [6.07, 6.45) is 2.54. The Morgan fingerprint density at radius 2 is 1.89 bits per heavy atom. The normalized spacial score (nSPS) is 12.9. The summed E-state index contributed by atoms with van der Waals surface area (Å²) in [5.74, 6) is -1.12. The zero-order chi connectivity index (χ0) is 14.5.